The largest absolute Gasteiger partial charge is 0.302 e. The van der Waals surface area contributed by atoms with Crippen LogP contribution in [-0.4, -0.2) is 6.54 Å². The molecule has 0 saturated heterocycles. The van der Waals surface area contributed by atoms with E-state index in [0.29, 0.717) is 0 Å². The first-order chi connectivity index (χ1) is 6.33. The maximum Gasteiger partial charge on any atom is 0.0578 e. The van der Waals surface area contributed by atoms with Crippen LogP contribution in [-0.2, 0) is 6.54 Å². The minimum atomic E-state index is 0.768. The minimum absolute atomic E-state index is 0.768. The van der Waals surface area contributed by atoms with E-state index < -0.39 is 0 Å². The third-order valence-corrected chi connectivity index (χ3v) is 1.80. The van der Waals surface area contributed by atoms with Crippen molar-refractivity contribution in [3.05, 3.63) is 35.4 Å². The smallest absolute Gasteiger partial charge is 0.0578 e. The van der Waals surface area contributed by atoms with Crippen LogP contribution in [0.5, 0.6) is 0 Å². The molecule has 0 atom stereocenters. The highest BCUT2D eigenvalue weighted by atomic mass is 14.8. The highest BCUT2D eigenvalue weighted by Gasteiger charge is 1.90. The molecule has 0 fully saturated rings. The van der Waals surface area contributed by atoms with E-state index in [1.165, 1.54) is 11.1 Å². The minimum Gasteiger partial charge on any atom is -0.302 e. The standard InChI is InChI=1S/C12H15N/c1-3-4-8-13-10-12-7-5-6-11(2)9-12/h5-7,9,13H,8,10H2,1-2H3. The summed E-state index contributed by atoms with van der Waals surface area (Å²) >= 11 is 0. The molecule has 1 aromatic rings. The monoisotopic (exact) mass is 173 g/mol. The summed E-state index contributed by atoms with van der Waals surface area (Å²) in [4.78, 5) is 0. The van der Waals surface area contributed by atoms with E-state index in [1.54, 1.807) is 0 Å². The normalized spacial score (nSPS) is 9.08. The zero-order chi connectivity index (χ0) is 9.52. The van der Waals surface area contributed by atoms with Gasteiger partial charge >= 0.3 is 0 Å². The molecular formula is C12H15N. The van der Waals surface area contributed by atoms with Gasteiger partial charge in [0.1, 0.15) is 0 Å². The molecule has 1 heteroatoms. The van der Waals surface area contributed by atoms with Gasteiger partial charge in [0.15, 0.2) is 0 Å². The van der Waals surface area contributed by atoms with Crippen LogP contribution in [0.25, 0.3) is 0 Å². The van der Waals surface area contributed by atoms with E-state index in [-0.39, 0.29) is 0 Å². The van der Waals surface area contributed by atoms with Gasteiger partial charge in [0.05, 0.1) is 6.54 Å². The van der Waals surface area contributed by atoms with Crippen molar-refractivity contribution in [3.8, 4) is 11.8 Å². The van der Waals surface area contributed by atoms with Crippen LogP contribution in [0.1, 0.15) is 18.1 Å². The lowest BCUT2D eigenvalue weighted by Crippen LogP contribution is -2.13. The molecule has 1 nitrogen and oxygen atoms in total. The molecule has 0 aromatic heterocycles. The molecule has 0 unspecified atom stereocenters. The number of benzene rings is 1. The molecular weight excluding hydrogens is 158 g/mol. The highest BCUT2D eigenvalue weighted by Crippen LogP contribution is 2.02. The van der Waals surface area contributed by atoms with Crippen LogP contribution < -0.4 is 5.32 Å². The van der Waals surface area contributed by atoms with E-state index in [9.17, 15) is 0 Å². The van der Waals surface area contributed by atoms with Crippen molar-refractivity contribution >= 4 is 0 Å². The van der Waals surface area contributed by atoms with E-state index in [0.717, 1.165) is 13.1 Å². The quantitative estimate of drug-likeness (QED) is 0.545. The zero-order valence-corrected chi connectivity index (χ0v) is 8.22. The van der Waals surface area contributed by atoms with E-state index in [4.69, 9.17) is 0 Å². The van der Waals surface area contributed by atoms with Crippen molar-refractivity contribution < 1.29 is 0 Å². The van der Waals surface area contributed by atoms with Crippen LogP contribution >= 0.6 is 0 Å². The van der Waals surface area contributed by atoms with Crippen LogP contribution in [0, 0.1) is 18.8 Å². The third-order valence-electron chi connectivity index (χ3n) is 1.80. The van der Waals surface area contributed by atoms with Crippen molar-refractivity contribution in [2.75, 3.05) is 6.54 Å². The Kier molecular flexibility index (Phi) is 4.08. The van der Waals surface area contributed by atoms with Crippen LogP contribution in [0.2, 0.25) is 0 Å². The van der Waals surface area contributed by atoms with Crippen molar-refractivity contribution in [1.29, 1.82) is 0 Å². The maximum absolute atomic E-state index is 3.26. The van der Waals surface area contributed by atoms with E-state index >= 15 is 0 Å². The van der Waals surface area contributed by atoms with Gasteiger partial charge in [0, 0.05) is 6.54 Å². The Balaban J connectivity index is 2.39. The Labute approximate surface area is 80.2 Å². The van der Waals surface area contributed by atoms with Crippen molar-refractivity contribution in [2.24, 2.45) is 0 Å². The number of aryl methyl sites for hydroxylation is 1. The van der Waals surface area contributed by atoms with Crippen LogP contribution in [0.3, 0.4) is 0 Å². The fraction of sp³-hybridized carbons (Fsp3) is 0.333. The van der Waals surface area contributed by atoms with Gasteiger partial charge in [-0.05, 0) is 19.4 Å². The first-order valence-electron chi connectivity index (χ1n) is 4.49. The summed E-state index contributed by atoms with van der Waals surface area (Å²) in [5.41, 5.74) is 2.62. The van der Waals surface area contributed by atoms with Gasteiger partial charge in [-0.3, -0.25) is 0 Å². The molecule has 1 aromatic carbocycles. The molecule has 0 saturated carbocycles. The Morgan fingerprint density at radius 2 is 2.23 bits per heavy atom. The summed E-state index contributed by atoms with van der Waals surface area (Å²) in [6, 6.07) is 8.50. The number of nitrogens with one attached hydrogen (secondary N) is 1. The summed E-state index contributed by atoms with van der Waals surface area (Å²) in [6.45, 7) is 5.63. The van der Waals surface area contributed by atoms with Crippen molar-refractivity contribution in [1.82, 2.24) is 5.32 Å². The van der Waals surface area contributed by atoms with Gasteiger partial charge in [0.25, 0.3) is 0 Å². The van der Waals surface area contributed by atoms with Crippen LogP contribution in [0.4, 0.5) is 0 Å². The fourth-order valence-corrected chi connectivity index (χ4v) is 1.18. The molecule has 0 spiro atoms. The second-order valence-corrected chi connectivity index (χ2v) is 3.02. The SMILES string of the molecule is CC#CCNCc1cccc(C)c1. The first kappa shape index (κ1) is 9.83. The molecule has 1 N–H and O–H groups in total. The summed E-state index contributed by atoms with van der Waals surface area (Å²) in [5, 5.41) is 3.26. The van der Waals surface area contributed by atoms with Crippen molar-refractivity contribution in [3.63, 3.8) is 0 Å². The van der Waals surface area contributed by atoms with Gasteiger partial charge in [-0.1, -0.05) is 35.7 Å². The van der Waals surface area contributed by atoms with Crippen molar-refractivity contribution in [2.45, 2.75) is 20.4 Å². The highest BCUT2D eigenvalue weighted by molar-refractivity contribution is 5.22. The molecule has 0 aliphatic heterocycles. The molecule has 0 bridgehead atoms. The fourth-order valence-electron chi connectivity index (χ4n) is 1.18. The number of hydrogen-bond donors (Lipinski definition) is 1. The Bertz CT molecular complexity index is 317. The Hall–Kier alpha value is -1.26. The molecule has 68 valence electrons. The van der Waals surface area contributed by atoms with Gasteiger partial charge < -0.3 is 5.32 Å². The first-order valence-corrected chi connectivity index (χ1v) is 4.49. The lowest BCUT2D eigenvalue weighted by atomic mass is 10.1. The van der Waals surface area contributed by atoms with E-state index in [2.05, 4.69) is 48.3 Å². The topological polar surface area (TPSA) is 12.0 Å². The van der Waals surface area contributed by atoms with Gasteiger partial charge in [0.2, 0.25) is 0 Å². The molecule has 0 heterocycles. The van der Waals surface area contributed by atoms with Crippen LogP contribution in [0.15, 0.2) is 24.3 Å². The van der Waals surface area contributed by atoms with Gasteiger partial charge in [-0.2, -0.15) is 0 Å². The zero-order valence-electron chi connectivity index (χ0n) is 8.22. The average molecular weight is 173 g/mol. The summed E-state index contributed by atoms with van der Waals surface area (Å²) in [5.74, 6) is 5.82. The van der Waals surface area contributed by atoms with Gasteiger partial charge in [-0.15, -0.1) is 5.92 Å². The molecule has 0 aliphatic rings. The van der Waals surface area contributed by atoms with E-state index in [1.807, 2.05) is 6.92 Å². The molecule has 0 aliphatic carbocycles. The number of rotatable bonds is 3. The second kappa shape index (κ2) is 5.40. The molecule has 1 rings (SSSR count). The predicted molar refractivity (Wildman–Crippen MR) is 56.3 cm³/mol. The summed E-state index contributed by atoms with van der Waals surface area (Å²) in [7, 11) is 0. The summed E-state index contributed by atoms with van der Waals surface area (Å²) in [6.07, 6.45) is 0. The van der Waals surface area contributed by atoms with Gasteiger partial charge in [-0.25, -0.2) is 0 Å². The molecule has 0 radical (unpaired) electrons. The lowest BCUT2D eigenvalue weighted by Gasteiger charge is -2.01. The second-order valence-electron chi connectivity index (χ2n) is 3.02. The molecule has 13 heavy (non-hydrogen) atoms. The molecule has 0 amide bonds. The Morgan fingerprint density at radius 1 is 1.38 bits per heavy atom. The maximum atomic E-state index is 3.26. The lowest BCUT2D eigenvalue weighted by molar-refractivity contribution is 0.769. The third kappa shape index (κ3) is 3.78. The Morgan fingerprint density at radius 3 is 2.92 bits per heavy atom. The number of hydrogen-bond acceptors (Lipinski definition) is 1. The average Bonchev–Trinajstić information content (AvgIpc) is 2.13. The summed E-state index contributed by atoms with van der Waals surface area (Å²) < 4.78 is 0. The predicted octanol–water partition coefficient (Wildman–Crippen LogP) is 2.11.